The van der Waals surface area contributed by atoms with E-state index in [1.165, 1.54) is 40.1 Å². The third-order valence-corrected chi connectivity index (χ3v) is 6.54. The molecule has 0 spiro atoms. The van der Waals surface area contributed by atoms with Crippen molar-refractivity contribution in [3.63, 3.8) is 0 Å². The summed E-state index contributed by atoms with van der Waals surface area (Å²) in [4.78, 5) is 15.4. The van der Waals surface area contributed by atoms with Crippen LogP contribution < -0.4 is 15.5 Å². The van der Waals surface area contributed by atoms with Gasteiger partial charge in [0.15, 0.2) is 11.1 Å². The zero-order valence-corrected chi connectivity index (χ0v) is 18.8. The summed E-state index contributed by atoms with van der Waals surface area (Å²) in [6, 6.07) is 8.51. The third-order valence-electron chi connectivity index (χ3n) is 5.59. The van der Waals surface area contributed by atoms with Gasteiger partial charge in [0, 0.05) is 61.1 Å². The van der Waals surface area contributed by atoms with E-state index >= 15 is 0 Å². The lowest BCUT2D eigenvalue weighted by Crippen LogP contribution is -2.38. The number of guanidine groups is 1. The molecule has 0 amide bonds. The van der Waals surface area contributed by atoms with E-state index in [-0.39, 0.29) is 0 Å². The van der Waals surface area contributed by atoms with E-state index in [0.717, 1.165) is 57.2 Å². The Morgan fingerprint density at radius 3 is 2.87 bits per heavy atom. The van der Waals surface area contributed by atoms with E-state index in [1.54, 1.807) is 11.3 Å². The van der Waals surface area contributed by atoms with Crippen LogP contribution in [-0.4, -0.2) is 48.7 Å². The van der Waals surface area contributed by atoms with Gasteiger partial charge in [0.1, 0.15) is 0 Å². The molecule has 1 aliphatic rings. The average Bonchev–Trinajstić information content (AvgIpc) is 3.48. The predicted molar refractivity (Wildman–Crippen MR) is 128 cm³/mol. The number of anilines is 1. The molecule has 6 nitrogen and oxygen atoms in total. The van der Waals surface area contributed by atoms with Crippen molar-refractivity contribution < 1.29 is 0 Å². The lowest BCUT2D eigenvalue weighted by molar-refractivity contribution is 0.794. The smallest absolute Gasteiger partial charge is 0.191 e. The minimum absolute atomic E-state index is 0.741. The van der Waals surface area contributed by atoms with Gasteiger partial charge in [-0.25, -0.2) is 4.98 Å². The molecule has 3 aromatic rings. The Morgan fingerprint density at radius 2 is 2.03 bits per heavy atom. The van der Waals surface area contributed by atoms with Gasteiger partial charge in [0.2, 0.25) is 0 Å². The fraction of sp³-hybridized carbons (Fsp3) is 0.478. The molecule has 0 atom stereocenters. The summed E-state index contributed by atoms with van der Waals surface area (Å²) in [5.74, 6) is 0.880. The van der Waals surface area contributed by atoms with Crippen LogP contribution in [0.5, 0.6) is 0 Å². The summed E-state index contributed by atoms with van der Waals surface area (Å²) >= 11 is 1.76. The summed E-state index contributed by atoms with van der Waals surface area (Å²) in [5.41, 5.74) is 4.99. The van der Waals surface area contributed by atoms with Crippen LogP contribution in [0.15, 0.2) is 34.6 Å². The fourth-order valence-electron chi connectivity index (χ4n) is 4.05. The highest BCUT2D eigenvalue weighted by atomic mass is 32.1. The van der Waals surface area contributed by atoms with Crippen molar-refractivity contribution >= 4 is 33.3 Å². The van der Waals surface area contributed by atoms with Gasteiger partial charge in [-0.1, -0.05) is 18.2 Å². The summed E-state index contributed by atoms with van der Waals surface area (Å²) in [5, 5.41) is 11.5. The van der Waals surface area contributed by atoms with Crippen LogP contribution in [0.3, 0.4) is 0 Å². The number of H-pyrrole nitrogens is 1. The third kappa shape index (κ3) is 4.95. The Hall–Kier alpha value is -2.54. The molecule has 0 radical (unpaired) electrons. The number of aromatic amines is 1. The van der Waals surface area contributed by atoms with E-state index in [9.17, 15) is 0 Å². The number of thiazole rings is 1. The molecule has 1 saturated heterocycles. The monoisotopic (exact) mass is 424 g/mol. The second-order valence-corrected chi connectivity index (χ2v) is 8.61. The van der Waals surface area contributed by atoms with Crippen LogP contribution in [-0.2, 0) is 12.8 Å². The zero-order chi connectivity index (χ0) is 20.8. The number of hydrogen-bond acceptors (Lipinski definition) is 4. The Labute approximate surface area is 182 Å². The van der Waals surface area contributed by atoms with Gasteiger partial charge < -0.3 is 20.5 Å². The van der Waals surface area contributed by atoms with Gasteiger partial charge >= 0.3 is 0 Å². The van der Waals surface area contributed by atoms with Gasteiger partial charge in [-0.3, -0.25) is 4.99 Å². The number of fused-ring (bicyclic) bond motifs is 1. The molecular weight excluding hydrogens is 392 g/mol. The number of rotatable bonds is 8. The van der Waals surface area contributed by atoms with Crippen molar-refractivity contribution in [2.24, 2.45) is 4.99 Å². The van der Waals surface area contributed by atoms with Crippen molar-refractivity contribution in [3.05, 3.63) is 46.6 Å². The Morgan fingerprint density at radius 1 is 1.20 bits per heavy atom. The number of hydrogen-bond donors (Lipinski definition) is 3. The SMILES string of the molecule is CCNC(=NCCc1csc(N2CCCC2)n1)NCCc1c(C)[nH]c2ccccc12. The average molecular weight is 425 g/mol. The van der Waals surface area contributed by atoms with Crippen LogP contribution in [0.4, 0.5) is 5.13 Å². The first-order valence-corrected chi connectivity index (χ1v) is 11.9. The number of aromatic nitrogens is 2. The molecule has 4 rings (SSSR count). The molecule has 3 heterocycles. The molecule has 0 bridgehead atoms. The minimum Gasteiger partial charge on any atom is -0.358 e. The van der Waals surface area contributed by atoms with Crippen molar-refractivity contribution in [3.8, 4) is 0 Å². The van der Waals surface area contributed by atoms with Gasteiger partial charge in [-0.15, -0.1) is 11.3 Å². The highest BCUT2D eigenvalue weighted by Crippen LogP contribution is 2.24. The molecule has 1 aromatic carbocycles. The van der Waals surface area contributed by atoms with E-state index in [4.69, 9.17) is 9.98 Å². The van der Waals surface area contributed by atoms with E-state index in [0.29, 0.717) is 0 Å². The summed E-state index contributed by atoms with van der Waals surface area (Å²) in [6.45, 7) is 9.00. The first kappa shape index (κ1) is 20.7. The molecule has 30 heavy (non-hydrogen) atoms. The molecule has 0 saturated carbocycles. The van der Waals surface area contributed by atoms with Crippen LogP contribution >= 0.6 is 11.3 Å². The lowest BCUT2D eigenvalue weighted by atomic mass is 10.1. The molecular formula is C23H32N6S. The van der Waals surface area contributed by atoms with E-state index < -0.39 is 0 Å². The molecule has 7 heteroatoms. The predicted octanol–water partition coefficient (Wildman–Crippen LogP) is 3.87. The van der Waals surface area contributed by atoms with Crippen LogP contribution in [0.2, 0.25) is 0 Å². The highest BCUT2D eigenvalue weighted by Gasteiger charge is 2.15. The maximum absolute atomic E-state index is 4.80. The Bertz CT molecular complexity index is 983. The van der Waals surface area contributed by atoms with Gasteiger partial charge in [0.05, 0.1) is 5.69 Å². The normalized spacial score (nSPS) is 14.6. The molecule has 3 N–H and O–H groups in total. The topological polar surface area (TPSA) is 68.3 Å². The van der Waals surface area contributed by atoms with Crippen LogP contribution in [0.1, 0.15) is 36.7 Å². The second kappa shape index (κ2) is 9.98. The van der Waals surface area contributed by atoms with Crippen LogP contribution in [0.25, 0.3) is 10.9 Å². The van der Waals surface area contributed by atoms with Gasteiger partial charge in [-0.2, -0.15) is 0 Å². The Balaban J connectivity index is 1.30. The molecule has 1 fully saturated rings. The molecule has 2 aromatic heterocycles. The molecule has 160 valence electrons. The lowest BCUT2D eigenvalue weighted by Gasteiger charge is -2.12. The number of benzene rings is 1. The Kier molecular flexibility index (Phi) is 6.89. The van der Waals surface area contributed by atoms with E-state index in [2.05, 4.69) is 64.0 Å². The number of nitrogens with one attached hydrogen (secondary N) is 3. The number of aliphatic imine (C=N–C) groups is 1. The maximum Gasteiger partial charge on any atom is 0.191 e. The van der Waals surface area contributed by atoms with Crippen molar-refractivity contribution in [1.29, 1.82) is 0 Å². The van der Waals surface area contributed by atoms with Gasteiger partial charge in [-0.05, 0) is 44.7 Å². The van der Waals surface area contributed by atoms with Crippen molar-refractivity contribution in [2.75, 3.05) is 37.6 Å². The summed E-state index contributed by atoms with van der Waals surface area (Å²) in [6.07, 6.45) is 4.41. The molecule has 0 aliphatic carbocycles. The highest BCUT2D eigenvalue weighted by molar-refractivity contribution is 7.13. The second-order valence-electron chi connectivity index (χ2n) is 7.78. The molecule has 1 aliphatic heterocycles. The van der Waals surface area contributed by atoms with Crippen molar-refractivity contribution in [1.82, 2.24) is 20.6 Å². The number of nitrogens with zero attached hydrogens (tertiary/aromatic N) is 3. The van der Waals surface area contributed by atoms with E-state index in [1.807, 2.05) is 0 Å². The van der Waals surface area contributed by atoms with Crippen molar-refractivity contribution in [2.45, 2.75) is 39.5 Å². The van der Waals surface area contributed by atoms with Crippen LogP contribution in [0, 0.1) is 6.92 Å². The maximum atomic E-state index is 4.80. The first-order chi connectivity index (χ1) is 14.7. The standard InChI is InChI=1S/C23H32N6S/c1-3-24-22(25-12-10-18-16-30-23(28-18)29-14-6-7-15-29)26-13-11-19-17(2)27-21-9-5-4-8-20(19)21/h4-5,8-9,16,27H,3,6-7,10-15H2,1-2H3,(H2,24,25,26). The van der Waals surface area contributed by atoms with Gasteiger partial charge in [0.25, 0.3) is 0 Å². The number of para-hydroxylation sites is 1. The zero-order valence-electron chi connectivity index (χ0n) is 18.0. The largest absolute Gasteiger partial charge is 0.358 e. The summed E-state index contributed by atoms with van der Waals surface area (Å²) < 4.78 is 0. The first-order valence-electron chi connectivity index (χ1n) is 11.0. The quantitative estimate of drug-likeness (QED) is 0.379. The summed E-state index contributed by atoms with van der Waals surface area (Å²) in [7, 11) is 0. The number of aryl methyl sites for hydroxylation is 1. The molecule has 0 unspecified atom stereocenters. The minimum atomic E-state index is 0.741. The fourth-order valence-corrected chi connectivity index (χ4v) is 4.97.